The van der Waals surface area contributed by atoms with Crippen LogP contribution < -0.4 is 16.8 Å². The third-order valence-electron chi connectivity index (χ3n) is 5.25. The molecule has 0 spiro atoms. The number of benzene rings is 2. The Labute approximate surface area is 163 Å². The molecule has 3 heterocycles. The van der Waals surface area contributed by atoms with Gasteiger partial charge in [0.1, 0.15) is 11.0 Å². The van der Waals surface area contributed by atoms with Crippen molar-refractivity contribution in [2.24, 2.45) is 14.1 Å². The molecule has 0 atom stereocenters. The Hall–Kier alpha value is -4.00. The number of fused-ring (bicyclic) bond motifs is 4. The Morgan fingerprint density at radius 3 is 2.24 bits per heavy atom. The Morgan fingerprint density at radius 1 is 0.793 bits per heavy atom. The van der Waals surface area contributed by atoms with Crippen molar-refractivity contribution in [3.63, 3.8) is 0 Å². The van der Waals surface area contributed by atoms with Crippen molar-refractivity contribution in [3.05, 3.63) is 91.9 Å². The lowest BCUT2D eigenvalue weighted by atomic mass is 10.1. The van der Waals surface area contributed by atoms with Gasteiger partial charge in [-0.05, 0) is 24.3 Å². The monoisotopic (exact) mass is 384 g/mol. The molecular weight excluding hydrogens is 368 g/mol. The molecule has 7 heteroatoms. The second-order valence-electron chi connectivity index (χ2n) is 6.96. The molecule has 7 nitrogen and oxygen atoms in total. The molecule has 29 heavy (non-hydrogen) atoms. The van der Waals surface area contributed by atoms with Crippen molar-refractivity contribution in [2.75, 3.05) is 0 Å². The summed E-state index contributed by atoms with van der Waals surface area (Å²) in [5, 5.41) is 1.37. The molecule has 0 radical (unpaired) electrons. The maximum atomic E-state index is 13.5. The molecule has 2 aromatic carbocycles. The highest BCUT2D eigenvalue weighted by Gasteiger charge is 2.21. The molecule has 0 amide bonds. The summed E-state index contributed by atoms with van der Waals surface area (Å²) in [5.74, 6) is 0. The lowest BCUT2D eigenvalue weighted by Crippen LogP contribution is -2.39. The van der Waals surface area contributed by atoms with Gasteiger partial charge in [0.2, 0.25) is 0 Å². The summed E-state index contributed by atoms with van der Waals surface area (Å²) in [6.07, 6.45) is 0. The van der Waals surface area contributed by atoms with Crippen LogP contribution in [0.3, 0.4) is 0 Å². The molecule has 0 N–H and O–H groups in total. The molecule has 3 aromatic heterocycles. The second kappa shape index (κ2) is 6.00. The number of aryl methyl sites for hydroxylation is 1. The highest BCUT2D eigenvalue weighted by Crippen LogP contribution is 2.23. The Bertz CT molecular complexity index is 1630. The van der Waals surface area contributed by atoms with Crippen LogP contribution in [0.2, 0.25) is 0 Å². The van der Waals surface area contributed by atoms with E-state index in [1.807, 2.05) is 30.3 Å². The average Bonchev–Trinajstić information content (AvgIpc) is 2.75. The van der Waals surface area contributed by atoms with Gasteiger partial charge in [0.25, 0.3) is 11.1 Å². The molecule has 0 aliphatic carbocycles. The first kappa shape index (κ1) is 17.1. The minimum absolute atomic E-state index is 0.226. The Morgan fingerprint density at radius 2 is 1.48 bits per heavy atom. The van der Waals surface area contributed by atoms with Crippen LogP contribution in [0.4, 0.5) is 0 Å². The van der Waals surface area contributed by atoms with Crippen LogP contribution in [0.5, 0.6) is 0 Å². The first-order valence-corrected chi connectivity index (χ1v) is 9.08. The summed E-state index contributed by atoms with van der Waals surface area (Å²) in [4.78, 5) is 44.0. The third kappa shape index (κ3) is 2.30. The van der Waals surface area contributed by atoms with E-state index in [0.29, 0.717) is 22.1 Å². The van der Waals surface area contributed by atoms with Gasteiger partial charge in [-0.2, -0.15) is 0 Å². The van der Waals surface area contributed by atoms with Crippen molar-refractivity contribution in [3.8, 4) is 5.69 Å². The van der Waals surface area contributed by atoms with Gasteiger partial charge in [-0.3, -0.25) is 23.3 Å². The second-order valence-corrected chi connectivity index (χ2v) is 6.96. The first-order chi connectivity index (χ1) is 14.0. The number of rotatable bonds is 1. The summed E-state index contributed by atoms with van der Waals surface area (Å²) in [5.41, 5.74) is 0.444. The van der Waals surface area contributed by atoms with Gasteiger partial charge in [0, 0.05) is 19.5 Å². The number of hydrogen-bond acceptors (Lipinski definition) is 4. The molecule has 0 unspecified atom stereocenters. The van der Waals surface area contributed by atoms with Crippen molar-refractivity contribution in [1.29, 1.82) is 0 Å². The molecule has 5 aromatic rings. The number of hydrogen-bond donors (Lipinski definition) is 0. The predicted molar refractivity (Wildman–Crippen MR) is 113 cm³/mol. The third-order valence-corrected chi connectivity index (χ3v) is 5.25. The molecule has 0 aliphatic heterocycles. The van der Waals surface area contributed by atoms with Crippen molar-refractivity contribution in [2.45, 2.75) is 0 Å². The number of pyridine rings is 2. The summed E-state index contributed by atoms with van der Waals surface area (Å²) >= 11 is 0. The average molecular weight is 384 g/mol. The van der Waals surface area contributed by atoms with E-state index in [9.17, 15) is 14.4 Å². The van der Waals surface area contributed by atoms with E-state index in [0.717, 1.165) is 9.95 Å². The maximum absolute atomic E-state index is 13.5. The number of aromatic nitrogens is 4. The van der Waals surface area contributed by atoms with E-state index in [1.54, 1.807) is 37.4 Å². The number of nitrogens with zero attached hydrogens (tertiary/aromatic N) is 4. The molecule has 0 saturated carbocycles. The first-order valence-electron chi connectivity index (χ1n) is 9.08. The van der Waals surface area contributed by atoms with Crippen LogP contribution >= 0.6 is 0 Å². The quantitative estimate of drug-likeness (QED) is 0.327. The van der Waals surface area contributed by atoms with Crippen LogP contribution in [-0.4, -0.2) is 18.7 Å². The minimum Gasteiger partial charge on any atom is -0.281 e. The lowest BCUT2D eigenvalue weighted by molar-refractivity contribution is 0.700. The van der Waals surface area contributed by atoms with Gasteiger partial charge in [0.15, 0.2) is 0 Å². The zero-order valence-corrected chi connectivity index (χ0v) is 15.8. The minimum atomic E-state index is -0.508. The Balaban J connectivity index is 2.19. The van der Waals surface area contributed by atoms with Crippen molar-refractivity contribution in [1.82, 2.24) is 18.7 Å². The van der Waals surface area contributed by atoms with Gasteiger partial charge in [-0.15, -0.1) is 0 Å². The highest BCUT2D eigenvalue weighted by molar-refractivity contribution is 6.06. The van der Waals surface area contributed by atoms with Crippen molar-refractivity contribution < 1.29 is 0 Å². The number of para-hydroxylation sites is 2. The predicted octanol–water partition coefficient (Wildman–Crippen LogP) is 2.09. The topological polar surface area (TPSA) is 78.9 Å². The summed E-state index contributed by atoms with van der Waals surface area (Å²) in [6, 6.07) is 18.1. The molecule has 0 bridgehead atoms. The molecule has 5 rings (SSSR count). The fourth-order valence-corrected chi connectivity index (χ4v) is 3.81. The van der Waals surface area contributed by atoms with E-state index >= 15 is 0 Å². The Kier molecular flexibility index (Phi) is 3.54. The van der Waals surface area contributed by atoms with Gasteiger partial charge < -0.3 is 0 Å². The van der Waals surface area contributed by atoms with E-state index in [-0.39, 0.29) is 16.6 Å². The molecule has 0 aliphatic rings. The fourth-order valence-electron chi connectivity index (χ4n) is 3.81. The van der Waals surface area contributed by atoms with Gasteiger partial charge in [-0.1, -0.05) is 36.4 Å². The van der Waals surface area contributed by atoms with Crippen LogP contribution in [0.1, 0.15) is 0 Å². The van der Waals surface area contributed by atoms with E-state index in [4.69, 9.17) is 0 Å². The molecular formula is C22H16N4O3. The zero-order chi connectivity index (χ0) is 20.3. The lowest BCUT2D eigenvalue weighted by Gasteiger charge is -2.16. The van der Waals surface area contributed by atoms with Crippen LogP contribution in [0.25, 0.3) is 38.5 Å². The van der Waals surface area contributed by atoms with Crippen molar-refractivity contribution >= 4 is 32.8 Å². The molecule has 142 valence electrons. The summed E-state index contributed by atoms with van der Waals surface area (Å²) in [6.45, 7) is 0. The van der Waals surface area contributed by atoms with Crippen LogP contribution in [0.15, 0.2) is 75.0 Å². The largest absolute Gasteiger partial charge is 0.332 e. The van der Waals surface area contributed by atoms with E-state index in [2.05, 4.69) is 4.98 Å². The smallest absolute Gasteiger partial charge is 0.281 e. The van der Waals surface area contributed by atoms with Gasteiger partial charge in [0.05, 0.1) is 22.1 Å². The summed E-state index contributed by atoms with van der Waals surface area (Å²) in [7, 11) is 2.98. The standard InChI is InChI=1S/C22H16N4O3/c1-24-19-17(21(28)25(2)22(24)29)18-15(12-13-8-6-7-11-16(13)23-18)20(27)26(19)14-9-4-3-5-10-14/h3-12H,1-2H3. The summed E-state index contributed by atoms with van der Waals surface area (Å²) < 4.78 is 3.77. The van der Waals surface area contributed by atoms with Crippen LogP contribution in [0, 0.1) is 0 Å². The van der Waals surface area contributed by atoms with E-state index in [1.165, 1.54) is 16.2 Å². The normalized spacial score (nSPS) is 11.5. The highest BCUT2D eigenvalue weighted by atomic mass is 16.2. The van der Waals surface area contributed by atoms with Crippen LogP contribution in [-0.2, 0) is 14.1 Å². The molecule has 0 fully saturated rings. The van der Waals surface area contributed by atoms with E-state index < -0.39 is 11.2 Å². The molecule has 0 saturated heterocycles. The zero-order valence-electron chi connectivity index (χ0n) is 15.8. The SMILES string of the molecule is Cn1c(=O)c2c3nc4ccccc4cc3c(=O)n(-c3ccccc3)c2n(C)c1=O. The van der Waals surface area contributed by atoms with Gasteiger partial charge >= 0.3 is 5.69 Å². The maximum Gasteiger partial charge on any atom is 0.332 e. The fraction of sp³-hybridized carbons (Fsp3) is 0.0909. The van der Waals surface area contributed by atoms with Gasteiger partial charge in [-0.25, -0.2) is 9.78 Å².